The number of rotatable bonds is 6. The van der Waals surface area contributed by atoms with Gasteiger partial charge in [-0.25, -0.2) is 0 Å². The van der Waals surface area contributed by atoms with Gasteiger partial charge in [0.2, 0.25) is 5.91 Å². The predicted octanol–water partition coefficient (Wildman–Crippen LogP) is 4.26. The van der Waals surface area contributed by atoms with Crippen LogP contribution in [0.3, 0.4) is 0 Å². The van der Waals surface area contributed by atoms with Gasteiger partial charge in [-0.1, -0.05) is 50.2 Å². The minimum absolute atomic E-state index is 0.0620. The zero-order valence-corrected chi connectivity index (χ0v) is 13.3. The summed E-state index contributed by atoms with van der Waals surface area (Å²) in [6, 6.07) is 17.5. The number of hydrogen-bond donors (Lipinski definition) is 2. The van der Waals surface area contributed by atoms with E-state index in [0.717, 1.165) is 24.9 Å². The third-order valence-corrected chi connectivity index (χ3v) is 4.37. The van der Waals surface area contributed by atoms with Crippen LogP contribution in [0.1, 0.15) is 32.3 Å². The Hall–Kier alpha value is -2.29. The topological polar surface area (TPSA) is 55.1 Å². The van der Waals surface area contributed by atoms with Crippen molar-refractivity contribution in [3.8, 4) is 0 Å². The first-order valence-corrected chi connectivity index (χ1v) is 7.80. The first-order valence-electron chi connectivity index (χ1n) is 7.80. The van der Waals surface area contributed by atoms with Crippen LogP contribution in [-0.4, -0.2) is 5.91 Å². The molecular weight excluding hydrogens is 272 g/mol. The molecule has 2 aromatic carbocycles. The summed E-state index contributed by atoms with van der Waals surface area (Å²) >= 11 is 0. The fourth-order valence-corrected chi connectivity index (χ4v) is 2.77. The van der Waals surface area contributed by atoms with Gasteiger partial charge in [-0.2, -0.15) is 0 Å². The van der Waals surface area contributed by atoms with Crippen molar-refractivity contribution < 1.29 is 4.79 Å². The van der Waals surface area contributed by atoms with Gasteiger partial charge in [-0.05, 0) is 43.0 Å². The smallest absolute Gasteiger partial charge is 0.230 e. The van der Waals surface area contributed by atoms with E-state index in [0.29, 0.717) is 5.69 Å². The molecule has 0 atom stereocenters. The van der Waals surface area contributed by atoms with Gasteiger partial charge < -0.3 is 11.1 Å². The Bertz CT molecular complexity index is 618. The van der Waals surface area contributed by atoms with E-state index in [1.807, 2.05) is 36.4 Å². The third-order valence-electron chi connectivity index (χ3n) is 4.37. The minimum Gasteiger partial charge on any atom is -0.399 e. The maximum Gasteiger partial charge on any atom is 0.230 e. The number of anilines is 2. The van der Waals surface area contributed by atoms with E-state index < -0.39 is 5.41 Å². The van der Waals surface area contributed by atoms with E-state index >= 15 is 0 Å². The highest BCUT2D eigenvalue weighted by Gasteiger charge is 2.35. The highest BCUT2D eigenvalue weighted by Crippen LogP contribution is 2.32. The molecule has 0 fully saturated rings. The van der Waals surface area contributed by atoms with Crippen molar-refractivity contribution >= 4 is 17.3 Å². The van der Waals surface area contributed by atoms with Crippen molar-refractivity contribution in [2.45, 2.75) is 33.1 Å². The number of nitrogen functional groups attached to an aromatic ring is 1. The molecule has 0 radical (unpaired) electrons. The number of nitrogens with one attached hydrogen (secondary N) is 1. The van der Waals surface area contributed by atoms with Gasteiger partial charge in [0, 0.05) is 11.4 Å². The second-order valence-electron chi connectivity index (χ2n) is 5.73. The van der Waals surface area contributed by atoms with E-state index in [1.165, 1.54) is 5.56 Å². The SMILES string of the molecule is CCC(CC)(Cc1ccccc1)C(=O)Nc1cccc(N)c1. The Morgan fingerprint density at radius 2 is 1.73 bits per heavy atom. The van der Waals surface area contributed by atoms with Crippen molar-refractivity contribution in [1.29, 1.82) is 0 Å². The molecule has 3 nitrogen and oxygen atoms in total. The second-order valence-corrected chi connectivity index (χ2v) is 5.73. The van der Waals surface area contributed by atoms with Gasteiger partial charge in [-0.15, -0.1) is 0 Å². The first-order chi connectivity index (χ1) is 10.6. The molecule has 0 heterocycles. The summed E-state index contributed by atoms with van der Waals surface area (Å²) in [6.07, 6.45) is 2.34. The highest BCUT2D eigenvalue weighted by molar-refractivity contribution is 5.95. The zero-order chi connectivity index (χ0) is 16.0. The largest absolute Gasteiger partial charge is 0.399 e. The van der Waals surface area contributed by atoms with Crippen LogP contribution in [0.4, 0.5) is 11.4 Å². The van der Waals surface area contributed by atoms with Crippen LogP contribution in [-0.2, 0) is 11.2 Å². The molecule has 0 aliphatic rings. The van der Waals surface area contributed by atoms with Gasteiger partial charge in [0.15, 0.2) is 0 Å². The molecule has 2 aromatic rings. The lowest BCUT2D eigenvalue weighted by atomic mass is 9.76. The van der Waals surface area contributed by atoms with E-state index in [2.05, 4.69) is 31.3 Å². The first kappa shape index (κ1) is 16.1. The molecule has 3 heteroatoms. The average molecular weight is 296 g/mol. The average Bonchev–Trinajstić information content (AvgIpc) is 2.53. The lowest BCUT2D eigenvalue weighted by molar-refractivity contribution is -0.126. The highest BCUT2D eigenvalue weighted by atomic mass is 16.2. The molecule has 0 saturated heterocycles. The normalized spacial score (nSPS) is 11.2. The number of amides is 1. The second kappa shape index (κ2) is 7.12. The molecule has 0 aliphatic carbocycles. The minimum atomic E-state index is -0.397. The van der Waals surface area contributed by atoms with Crippen LogP contribution in [0.2, 0.25) is 0 Å². The van der Waals surface area contributed by atoms with E-state index in [-0.39, 0.29) is 5.91 Å². The summed E-state index contributed by atoms with van der Waals surface area (Å²) in [5, 5.41) is 3.03. The van der Waals surface area contributed by atoms with Crippen molar-refractivity contribution in [3.05, 3.63) is 60.2 Å². The van der Waals surface area contributed by atoms with Gasteiger partial charge in [0.25, 0.3) is 0 Å². The van der Waals surface area contributed by atoms with E-state index in [9.17, 15) is 4.79 Å². The van der Waals surface area contributed by atoms with Crippen molar-refractivity contribution in [2.75, 3.05) is 11.1 Å². The molecule has 0 unspecified atom stereocenters. The molecule has 0 aromatic heterocycles. The molecular formula is C19H24N2O. The Morgan fingerprint density at radius 1 is 1.05 bits per heavy atom. The maximum absolute atomic E-state index is 12.9. The Morgan fingerprint density at radius 3 is 2.32 bits per heavy atom. The molecule has 0 aliphatic heterocycles. The third kappa shape index (κ3) is 3.67. The zero-order valence-electron chi connectivity index (χ0n) is 13.3. The monoisotopic (exact) mass is 296 g/mol. The quantitative estimate of drug-likeness (QED) is 0.783. The number of hydrogen-bond acceptors (Lipinski definition) is 2. The van der Waals surface area contributed by atoms with Gasteiger partial charge in [-0.3, -0.25) is 4.79 Å². The lowest BCUT2D eigenvalue weighted by Gasteiger charge is -2.30. The molecule has 0 saturated carbocycles. The molecule has 0 spiro atoms. The summed E-state index contributed by atoms with van der Waals surface area (Å²) < 4.78 is 0. The molecule has 2 rings (SSSR count). The molecule has 116 valence electrons. The fraction of sp³-hybridized carbons (Fsp3) is 0.316. The number of nitrogens with two attached hydrogens (primary N) is 1. The van der Waals surface area contributed by atoms with Crippen LogP contribution >= 0.6 is 0 Å². The molecule has 0 bridgehead atoms. The van der Waals surface area contributed by atoms with Crippen LogP contribution < -0.4 is 11.1 Å². The maximum atomic E-state index is 12.9. The summed E-state index contributed by atoms with van der Waals surface area (Å²) in [4.78, 5) is 12.9. The van der Waals surface area contributed by atoms with E-state index in [4.69, 9.17) is 5.73 Å². The van der Waals surface area contributed by atoms with Gasteiger partial charge in [0.05, 0.1) is 5.41 Å². The standard InChI is InChI=1S/C19H24N2O/c1-3-19(4-2,14-15-9-6-5-7-10-15)18(22)21-17-12-8-11-16(20)13-17/h5-13H,3-4,14,20H2,1-2H3,(H,21,22). The summed E-state index contributed by atoms with van der Waals surface area (Å²) in [5.74, 6) is 0.0620. The van der Waals surface area contributed by atoms with Crippen molar-refractivity contribution in [2.24, 2.45) is 5.41 Å². The van der Waals surface area contributed by atoms with Crippen LogP contribution in [0.15, 0.2) is 54.6 Å². The Labute approximate surface area is 132 Å². The summed E-state index contributed by atoms with van der Waals surface area (Å²) in [6.45, 7) is 4.15. The van der Waals surface area contributed by atoms with E-state index in [1.54, 1.807) is 6.07 Å². The molecule has 1 amide bonds. The Balaban J connectivity index is 2.20. The number of carbonyl (C=O) groups is 1. The fourth-order valence-electron chi connectivity index (χ4n) is 2.77. The molecule has 22 heavy (non-hydrogen) atoms. The Kier molecular flexibility index (Phi) is 5.21. The van der Waals surface area contributed by atoms with Crippen LogP contribution in [0, 0.1) is 5.41 Å². The van der Waals surface area contributed by atoms with Gasteiger partial charge >= 0.3 is 0 Å². The number of benzene rings is 2. The summed E-state index contributed by atoms with van der Waals surface area (Å²) in [7, 11) is 0. The van der Waals surface area contributed by atoms with Gasteiger partial charge in [0.1, 0.15) is 0 Å². The van der Waals surface area contributed by atoms with Crippen LogP contribution in [0.5, 0.6) is 0 Å². The van der Waals surface area contributed by atoms with Crippen LogP contribution in [0.25, 0.3) is 0 Å². The van der Waals surface area contributed by atoms with Crippen molar-refractivity contribution in [3.63, 3.8) is 0 Å². The number of carbonyl (C=O) groups excluding carboxylic acids is 1. The summed E-state index contributed by atoms with van der Waals surface area (Å²) in [5.41, 5.74) is 7.98. The predicted molar refractivity (Wildman–Crippen MR) is 92.6 cm³/mol. The van der Waals surface area contributed by atoms with Crippen molar-refractivity contribution in [1.82, 2.24) is 0 Å². The lowest BCUT2D eigenvalue weighted by Crippen LogP contribution is -2.37. The molecule has 3 N–H and O–H groups in total.